The average Bonchev–Trinajstić information content (AvgIpc) is 3.03. The van der Waals surface area contributed by atoms with Gasteiger partial charge in [0.15, 0.2) is 11.6 Å². The summed E-state index contributed by atoms with van der Waals surface area (Å²) in [5.41, 5.74) is 2.22. The number of benzene rings is 2. The number of anilines is 1. The van der Waals surface area contributed by atoms with Gasteiger partial charge in [0.2, 0.25) is 5.91 Å². The molecule has 0 bridgehead atoms. The van der Waals surface area contributed by atoms with Gasteiger partial charge in [-0.25, -0.2) is 13.8 Å². The Bertz CT molecular complexity index is 1120. The highest BCUT2D eigenvalue weighted by atomic mass is 19.2. The molecule has 0 radical (unpaired) electrons. The van der Waals surface area contributed by atoms with Crippen molar-refractivity contribution in [1.82, 2.24) is 9.38 Å². The Morgan fingerprint density at radius 1 is 0.963 bits per heavy atom. The van der Waals surface area contributed by atoms with Gasteiger partial charge in [-0.1, -0.05) is 36.4 Å². The van der Waals surface area contributed by atoms with Crippen molar-refractivity contribution >= 4 is 17.4 Å². The first-order valence-corrected chi connectivity index (χ1v) is 8.38. The van der Waals surface area contributed by atoms with Crippen LogP contribution in [-0.2, 0) is 11.2 Å². The molecular weight excluding hydrogens is 348 g/mol. The Hall–Kier alpha value is -3.54. The van der Waals surface area contributed by atoms with Crippen molar-refractivity contribution in [3.05, 3.63) is 90.1 Å². The van der Waals surface area contributed by atoms with Crippen LogP contribution in [0.15, 0.2) is 72.9 Å². The van der Waals surface area contributed by atoms with Crippen LogP contribution in [0.25, 0.3) is 16.9 Å². The molecule has 6 heteroatoms. The number of amides is 1. The molecule has 2 heterocycles. The number of imidazole rings is 1. The molecule has 0 fully saturated rings. The summed E-state index contributed by atoms with van der Waals surface area (Å²) in [4.78, 5) is 17.0. The second-order valence-corrected chi connectivity index (χ2v) is 6.08. The Labute approximate surface area is 154 Å². The summed E-state index contributed by atoms with van der Waals surface area (Å²) < 4.78 is 28.7. The van der Waals surface area contributed by atoms with Crippen molar-refractivity contribution in [3.63, 3.8) is 0 Å². The number of nitrogens with zero attached hydrogens (tertiary/aromatic N) is 2. The molecule has 0 saturated heterocycles. The topological polar surface area (TPSA) is 46.4 Å². The van der Waals surface area contributed by atoms with Crippen molar-refractivity contribution < 1.29 is 13.6 Å². The molecule has 2 aromatic carbocycles. The van der Waals surface area contributed by atoms with E-state index in [2.05, 4.69) is 10.3 Å². The minimum absolute atomic E-state index is 0.193. The summed E-state index contributed by atoms with van der Waals surface area (Å²) in [6, 6.07) is 18.3. The summed E-state index contributed by atoms with van der Waals surface area (Å²) in [5.74, 6) is -1.71. The summed E-state index contributed by atoms with van der Waals surface area (Å²) >= 11 is 0. The third-order valence-corrected chi connectivity index (χ3v) is 4.19. The van der Waals surface area contributed by atoms with Gasteiger partial charge >= 0.3 is 0 Å². The number of halogens is 2. The molecular formula is C21H15F2N3O. The SMILES string of the molecule is O=C(Cc1ccccc1)Nc1c(-c2ccc(F)c(F)c2)nc2ccccn12. The van der Waals surface area contributed by atoms with Crippen molar-refractivity contribution in [1.29, 1.82) is 0 Å². The highest BCUT2D eigenvalue weighted by Gasteiger charge is 2.17. The predicted molar refractivity (Wildman–Crippen MR) is 99.3 cm³/mol. The molecule has 0 spiro atoms. The highest BCUT2D eigenvalue weighted by Crippen LogP contribution is 2.29. The molecule has 1 N–H and O–H groups in total. The molecule has 1 amide bonds. The van der Waals surface area contributed by atoms with Gasteiger partial charge in [-0.05, 0) is 35.9 Å². The van der Waals surface area contributed by atoms with Gasteiger partial charge < -0.3 is 5.32 Å². The van der Waals surface area contributed by atoms with Crippen LogP contribution in [0.4, 0.5) is 14.6 Å². The van der Waals surface area contributed by atoms with Crippen LogP contribution in [0.3, 0.4) is 0 Å². The zero-order valence-corrected chi connectivity index (χ0v) is 14.2. The van der Waals surface area contributed by atoms with E-state index < -0.39 is 11.6 Å². The number of carbonyl (C=O) groups excluding carboxylic acids is 1. The van der Waals surface area contributed by atoms with Gasteiger partial charge in [0.25, 0.3) is 0 Å². The quantitative estimate of drug-likeness (QED) is 0.582. The summed E-state index contributed by atoms with van der Waals surface area (Å²) in [5, 5.41) is 2.86. The number of pyridine rings is 1. The van der Waals surface area contributed by atoms with Gasteiger partial charge in [0, 0.05) is 11.8 Å². The maximum Gasteiger partial charge on any atom is 0.229 e. The van der Waals surface area contributed by atoms with Crippen LogP contribution >= 0.6 is 0 Å². The molecule has 0 atom stereocenters. The lowest BCUT2D eigenvalue weighted by Crippen LogP contribution is -2.16. The van der Waals surface area contributed by atoms with E-state index >= 15 is 0 Å². The first-order chi connectivity index (χ1) is 13.1. The van der Waals surface area contributed by atoms with Gasteiger partial charge in [-0.3, -0.25) is 9.20 Å². The normalized spacial score (nSPS) is 10.9. The van der Waals surface area contributed by atoms with Crippen LogP contribution in [-0.4, -0.2) is 15.3 Å². The van der Waals surface area contributed by atoms with E-state index in [1.165, 1.54) is 6.07 Å². The molecule has 4 aromatic rings. The molecule has 2 aromatic heterocycles. The van der Waals surface area contributed by atoms with Crippen molar-refractivity contribution in [2.24, 2.45) is 0 Å². The Morgan fingerprint density at radius 3 is 2.52 bits per heavy atom. The van der Waals surface area contributed by atoms with E-state index in [9.17, 15) is 13.6 Å². The van der Waals surface area contributed by atoms with Crippen molar-refractivity contribution in [2.45, 2.75) is 6.42 Å². The van der Waals surface area contributed by atoms with Crippen LogP contribution in [0.5, 0.6) is 0 Å². The maximum absolute atomic E-state index is 13.7. The second-order valence-electron chi connectivity index (χ2n) is 6.08. The highest BCUT2D eigenvalue weighted by molar-refractivity contribution is 5.95. The standard InChI is InChI=1S/C21H15F2N3O/c22-16-10-9-15(13-17(16)23)20-21(26-11-5-4-8-18(26)24-20)25-19(27)12-14-6-2-1-3-7-14/h1-11,13H,12H2,(H,25,27). The maximum atomic E-state index is 13.7. The summed E-state index contributed by atoms with van der Waals surface area (Å²) in [6.07, 6.45) is 1.95. The lowest BCUT2D eigenvalue weighted by molar-refractivity contribution is -0.115. The average molecular weight is 363 g/mol. The number of hydrogen-bond donors (Lipinski definition) is 1. The molecule has 0 unspecified atom stereocenters. The van der Waals surface area contributed by atoms with Crippen molar-refractivity contribution in [2.75, 3.05) is 5.32 Å². The minimum Gasteiger partial charge on any atom is -0.310 e. The zero-order valence-electron chi connectivity index (χ0n) is 14.2. The number of aromatic nitrogens is 2. The fourth-order valence-corrected chi connectivity index (χ4v) is 2.92. The van der Waals surface area contributed by atoms with Gasteiger partial charge in [0.1, 0.15) is 17.2 Å². The van der Waals surface area contributed by atoms with Gasteiger partial charge in [-0.15, -0.1) is 0 Å². The van der Waals surface area contributed by atoms with Crippen LogP contribution in [0.1, 0.15) is 5.56 Å². The first-order valence-electron chi connectivity index (χ1n) is 8.38. The smallest absolute Gasteiger partial charge is 0.229 e. The van der Waals surface area contributed by atoms with Crippen LogP contribution in [0.2, 0.25) is 0 Å². The fraction of sp³-hybridized carbons (Fsp3) is 0.0476. The lowest BCUT2D eigenvalue weighted by Gasteiger charge is -2.08. The number of carbonyl (C=O) groups is 1. The van der Waals surface area contributed by atoms with E-state index in [1.807, 2.05) is 36.4 Å². The Balaban J connectivity index is 1.74. The monoisotopic (exact) mass is 363 g/mol. The van der Waals surface area contributed by atoms with Gasteiger partial charge in [-0.2, -0.15) is 0 Å². The molecule has 0 aliphatic rings. The van der Waals surface area contributed by atoms with Crippen LogP contribution < -0.4 is 5.32 Å². The fourth-order valence-electron chi connectivity index (χ4n) is 2.92. The largest absolute Gasteiger partial charge is 0.310 e. The first kappa shape index (κ1) is 16.9. The molecule has 27 heavy (non-hydrogen) atoms. The van der Waals surface area contributed by atoms with E-state index in [1.54, 1.807) is 22.7 Å². The molecule has 4 nitrogen and oxygen atoms in total. The molecule has 0 saturated carbocycles. The summed E-state index contributed by atoms with van der Waals surface area (Å²) in [6.45, 7) is 0. The van der Waals surface area contributed by atoms with E-state index in [0.717, 1.165) is 17.7 Å². The molecule has 0 aliphatic carbocycles. The number of hydrogen-bond acceptors (Lipinski definition) is 2. The number of rotatable bonds is 4. The van der Waals surface area contributed by atoms with Crippen LogP contribution in [0, 0.1) is 11.6 Å². The third-order valence-electron chi connectivity index (χ3n) is 4.19. The van der Waals surface area contributed by atoms with Gasteiger partial charge in [0.05, 0.1) is 6.42 Å². The van der Waals surface area contributed by atoms with E-state index in [4.69, 9.17) is 0 Å². The zero-order chi connectivity index (χ0) is 18.8. The molecule has 0 aliphatic heterocycles. The number of fused-ring (bicyclic) bond motifs is 1. The van der Waals surface area contributed by atoms with E-state index in [-0.39, 0.29) is 12.3 Å². The number of nitrogens with one attached hydrogen (secondary N) is 1. The summed E-state index contributed by atoms with van der Waals surface area (Å²) in [7, 11) is 0. The second kappa shape index (κ2) is 6.99. The van der Waals surface area contributed by atoms with E-state index in [0.29, 0.717) is 22.7 Å². The minimum atomic E-state index is -0.967. The predicted octanol–water partition coefficient (Wildman–Crippen LogP) is 4.46. The van der Waals surface area contributed by atoms with Crippen molar-refractivity contribution in [3.8, 4) is 11.3 Å². The third kappa shape index (κ3) is 3.42. The Kier molecular flexibility index (Phi) is 4.38. The lowest BCUT2D eigenvalue weighted by atomic mass is 10.1. The molecule has 134 valence electrons. The molecule has 4 rings (SSSR count). The Morgan fingerprint density at radius 2 is 1.74 bits per heavy atom.